The monoisotopic (exact) mass is 276 g/mol. The van der Waals surface area contributed by atoms with Crippen LogP contribution in [0, 0.1) is 0 Å². The van der Waals surface area contributed by atoms with Crippen LogP contribution in [0.15, 0.2) is 29.3 Å². The predicted molar refractivity (Wildman–Crippen MR) is 76.7 cm³/mol. The maximum Gasteiger partial charge on any atom is 0.275 e. The zero-order chi connectivity index (χ0) is 13.9. The molecule has 1 saturated heterocycles. The SMILES string of the molecule is Cn1ccc2ccn(CCOC3CCCCO3)c(=O)c21. The van der Waals surface area contributed by atoms with Gasteiger partial charge in [-0.2, -0.15) is 0 Å². The molecule has 0 spiro atoms. The number of fused-ring (bicyclic) bond motifs is 1. The van der Waals surface area contributed by atoms with Gasteiger partial charge in [-0.3, -0.25) is 4.79 Å². The number of hydrogen-bond acceptors (Lipinski definition) is 3. The highest BCUT2D eigenvalue weighted by atomic mass is 16.7. The Balaban J connectivity index is 1.66. The van der Waals surface area contributed by atoms with Crippen molar-refractivity contribution in [1.29, 1.82) is 0 Å². The van der Waals surface area contributed by atoms with Crippen LogP contribution in [-0.2, 0) is 23.1 Å². The molecule has 0 aliphatic carbocycles. The second-order valence-corrected chi connectivity index (χ2v) is 5.21. The highest BCUT2D eigenvalue weighted by Crippen LogP contribution is 2.13. The quantitative estimate of drug-likeness (QED) is 0.856. The first kappa shape index (κ1) is 13.4. The third-order valence-electron chi connectivity index (χ3n) is 3.78. The van der Waals surface area contributed by atoms with Crippen molar-refractivity contribution < 1.29 is 9.47 Å². The molecule has 1 aliphatic heterocycles. The minimum atomic E-state index is -0.0989. The molecule has 1 aliphatic rings. The lowest BCUT2D eigenvalue weighted by atomic mass is 10.2. The second-order valence-electron chi connectivity index (χ2n) is 5.21. The van der Waals surface area contributed by atoms with Gasteiger partial charge in [-0.1, -0.05) is 0 Å². The average molecular weight is 276 g/mol. The van der Waals surface area contributed by atoms with E-state index in [-0.39, 0.29) is 11.8 Å². The number of nitrogens with zero attached hydrogens (tertiary/aromatic N) is 2. The molecule has 3 rings (SSSR count). The Hall–Kier alpha value is -1.59. The number of ether oxygens (including phenoxy) is 2. The van der Waals surface area contributed by atoms with Crippen LogP contribution in [0.2, 0.25) is 0 Å². The first-order valence-electron chi connectivity index (χ1n) is 7.13. The van der Waals surface area contributed by atoms with E-state index < -0.39 is 0 Å². The molecule has 0 bridgehead atoms. The van der Waals surface area contributed by atoms with E-state index in [9.17, 15) is 4.79 Å². The molecule has 0 N–H and O–H groups in total. The Morgan fingerprint density at radius 2 is 2.20 bits per heavy atom. The first-order valence-corrected chi connectivity index (χ1v) is 7.13. The summed E-state index contributed by atoms with van der Waals surface area (Å²) in [5.74, 6) is 0. The standard InChI is InChI=1S/C15H20N2O3/c1-16-7-5-12-6-8-17(15(18)14(12)16)9-11-20-13-4-2-3-10-19-13/h5-8,13H,2-4,9-11H2,1H3. The smallest absolute Gasteiger partial charge is 0.275 e. The maximum atomic E-state index is 12.3. The van der Waals surface area contributed by atoms with E-state index >= 15 is 0 Å². The van der Waals surface area contributed by atoms with Gasteiger partial charge in [0.25, 0.3) is 5.56 Å². The molecule has 5 heteroatoms. The van der Waals surface area contributed by atoms with Gasteiger partial charge in [-0.15, -0.1) is 0 Å². The van der Waals surface area contributed by atoms with Crippen molar-refractivity contribution in [3.05, 3.63) is 34.9 Å². The second kappa shape index (κ2) is 5.81. The average Bonchev–Trinajstić information content (AvgIpc) is 2.85. The van der Waals surface area contributed by atoms with Crippen molar-refractivity contribution in [1.82, 2.24) is 9.13 Å². The molecule has 20 heavy (non-hydrogen) atoms. The molecule has 5 nitrogen and oxygen atoms in total. The van der Waals surface area contributed by atoms with Gasteiger partial charge in [0.15, 0.2) is 6.29 Å². The van der Waals surface area contributed by atoms with Gasteiger partial charge in [0.2, 0.25) is 0 Å². The van der Waals surface area contributed by atoms with E-state index in [1.807, 2.05) is 36.1 Å². The lowest BCUT2D eigenvalue weighted by Crippen LogP contribution is -2.27. The summed E-state index contributed by atoms with van der Waals surface area (Å²) in [6.07, 6.45) is 6.85. The van der Waals surface area contributed by atoms with E-state index in [4.69, 9.17) is 9.47 Å². The van der Waals surface area contributed by atoms with Crippen molar-refractivity contribution in [3.8, 4) is 0 Å². The summed E-state index contributed by atoms with van der Waals surface area (Å²) in [7, 11) is 1.89. The fourth-order valence-electron chi connectivity index (χ4n) is 2.63. The van der Waals surface area contributed by atoms with Crippen molar-refractivity contribution in [2.75, 3.05) is 13.2 Å². The Morgan fingerprint density at radius 3 is 3.00 bits per heavy atom. The van der Waals surface area contributed by atoms with Crippen LogP contribution >= 0.6 is 0 Å². The van der Waals surface area contributed by atoms with E-state index in [1.54, 1.807) is 4.57 Å². The van der Waals surface area contributed by atoms with Crippen LogP contribution < -0.4 is 5.56 Å². The zero-order valence-electron chi connectivity index (χ0n) is 11.7. The Morgan fingerprint density at radius 1 is 1.35 bits per heavy atom. The van der Waals surface area contributed by atoms with Gasteiger partial charge in [0.05, 0.1) is 6.61 Å². The molecule has 2 aromatic heterocycles. The van der Waals surface area contributed by atoms with Crippen molar-refractivity contribution in [3.63, 3.8) is 0 Å². The molecule has 1 fully saturated rings. The van der Waals surface area contributed by atoms with Gasteiger partial charge in [0.1, 0.15) is 5.52 Å². The van der Waals surface area contributed by atoms with Crippen molar-refractivity contribution >= 4 is 10.9 Å². The van der Waals surface area contributed by atoms with Crippen LogP contribution in [0.5, 0.6) is 0 Å². The molecular weight excluding hydrogens is 256 g/mol. The summed E-state index contributed by atoms with van der Waals surface area (Å²) < 4.78 is 14.7. The molecule has 0 aromatic carbocycles. The fraction of sp³-hybridized carbons (Fsp3) is 0.533. The third kappa shape index (κ3) is 2.64. The van der Waals surface area contributed by atoms with E-state index in [0.717, 1.165) is 36.8 Å². The summed E-state index contributed by atoms with van der Waals surface area (Å²) in [5, 5.41) is 0.977. The normalized spacial score (nSPS) is 19.6. The Kier molecular flexibility index (Phi) is 3.89. The Bertz CT molecular complexity index is 638. The lowest BCUT2D eigenvalue weighted by molar-refractivity contribution is -0.163. The fourth-order valence-corrected chi connectivity index (χ4v) is 2.63. The molecule has 1 unspecified atom stereocenters. The number of hydrogen-bond donors (Lipinski definition) is 0. The minimum Gasteiger partial charge on any atom is -0.353 e. The molecule has 0 amide bonds. The van der Waals surface area contributed by atoms with E-state index in [2.05, 4.69) is 0 Å². The number of aromatic nitrogens is 2. The molecule has 108 valence electrons. The molecular formula is C15H20N2O3. The van der Waals surface area contributed by atoms with E-state index in [0.29, 0.717) is 13.2 Å². The number of rotatable bonds is 4. The first-order chi connectivity index (χ1) is 9.75. The molecule has 0 saturated carbocycles. The predicted octanol–water partition coefficient (Wildman–Crippen LogP) is 1.88. The largest absolute Gasteiger partial charge is 0.353 e. The maximum absolute atomic E-state index is 12.3. The number of pyridine rings is 1. The molecule has 2 aromatic rings. The molecule has 3 heterocycles. The third-order valence-corrected chi connectivity index (χ3v) is 3.78. The van der Waals surface area contributed by atoms with E-state index in [1.165, 1.54) is 0 Å². The molecule has 0 radical (unpaired) electrons. The zero-order valence-corrected chi connectivity index (χ0v) is 11.7. The van der Waals surface area contributed by atoms with Crippen LogP contribution in [0.1, 0.15) is 19.3 Å². The Labute approximate surface area is 117 Å². The van der Waals surface area contributed by atoms with Crippen LogP contribution in [-0.4, -0.2) is 28.6 Å². The van der Waals surface area contributed by atoms with Crippen molar-refractivity contribution in [2.45, 2.75) is 32.1 Å². The minimum absolute atomic E-state index is 0.0307. The summed E-state index contributed by atoms with van der Waals surface area (Å²) >= 11 is 0. The highest BCUT2D eigenvalue weighted by Gasteiger charge is 2.14. The van der Waals surface area contributed by atoms with Gasteiger partial charge in [-0.05, 0) is 31.4 Å². The van der Waals surface area contributed by atoms with Crippen LogP contribution in [0.4, 0.5) is 0 Å². The van der Waals surface area contributed by atoms with Crippen LogP contribution in [0.25, 0.3) is 10.9 Å². The lowest BCUT2D eigenvalue weighted by Gasteiger charge is -2.22. The van der Waals surface area contributed by atoms with Gasteiger partial charge < -0.3 is 18.6 Å². The summed E-state index contributed by atoms with van der Waals surface area (Å²) in [4.78, 5) is 12.3. The summed E-state index contributed by atoms with van der Waals surface area (Å²) in [5.41, 5.74) is 0.768. The molecule has 1 atom stereocenters. The summed E-state index contributed by atoms with van der Waals surface area (Å²) in [6, 6.07) is 3.92. The highest BCUT2D eigenvalue weighted by molar-refractivity contribution is 5.78. The van der Waals surface area contributed by atoms with Gasteiger partial charge >= 0.3 is 0 Å². The van der Waals surface area contributed by atoms with Gasteiger partial charge in [0, 0.05) is 38.0 Å². The number of aryl methyl sites for hydroxylation is 1. The van der Waals surface area contributed by atoms with Crippen LogP contribution in [0.3, 0.4) is 0 Å². The summed E-state index contributed by atoms with van der Waals surface area (Å²) in [6.45, 7) is 1.83. The van der Waals surface area contributed by atoms with Crippen molar-refractivity contribution in [2.24, 2.45) is 7.05 Å². The topological polar surface area (TPSA) is 45.4 Å². The van der Waals surface area contributed by atoms with Gasteiger partial charge in [-0.25, -0.2) is 0 Å².